The first-order valence-electron chi connectivity index (χ1n) is 23.8. The van der Waals surface area contributed by atoms with Gasteiger partial charge in [-0.3, -0.25) is 36.0 Å². The molecule has 0 saturated carbocycles. The van der Waals surface area contributed by atoms with Crippen LogP contribution in [-0.4, -0.2) is 146 Å². The van der Waals surface area contributed by atoms with E-state index in [2.05, 4.69) is 9.89 Å². The van der Waals surface area contributed by atoms with E-state index in [0.29, 0.717) is 56.5 Å². The molecule has 406 valence electrons. The molecule has 2 atom stereocenters. The van der Waals surface area contributed by atoms with Crippen molar-refractivity contribution >= 4 is 75.3 Å². The van der Waals surface area contributed by atoms with Gasteiger partial charge in [0, 0.05) is 86.2 Å². The van der Waals surface area contributed by atoms with Gasteiger partial charge in [0.1, 0.15) is 6.54 Å². The Hall–Kier alpha value is -5.18. The Morgan fingerprint density at radius 3 is 1.81 bits per heavy atom. The van der Waals surface area contributed by atoms with E-state index in [0.717, 1.165) is 56.1 Å². The second-order valence-electron chi connectivity index (χ2n) is 18.0. The number of carbonyl (C=O) groups is 3. The molecule has 20 nitrogen and oxygen atoms in total. The van der Waals surface area contributed by atoms with Crippen LogP contribution in [0.15, 0.2) is 107 Å². The van der Waals surface area contributed by atoms with Crippen molar-refractivity contribution in [3.05, 3.63) is 108 Å². The van der Waals surface area contributed by atoms with Gasteiger partial charge >= 0.3 is 0 Å². The van der Waals surface area contributed by atoms with Gasteiger partial charge in [0.05, 0.1) is 61.8 Å². The molecule has 0 aliphatic carbocycles. The monoisotopic (exact) mass is 1110 g/mol. The molecule has 24 heteroatoms. The molecule has 0 saturated heterocycles. The van der Waals surface area contributed by atoms with Crippen LogP contribution in [0.25, 0.3) is 0 Å². The molecular formula is C50H67N4O16S4+. The first-order chi connectivity index (χ1) is 34.9. The average molecular weight is 1110 g/mol. The number of benzene rings is 2. The van der Waals surface area contributed by atoms with E-state index >= 15 is 0 Å². The van der Waals surface area contributed by atoms with Crippen molar-refractivity contribution in [2.45, 2.75) is 85.8 Å². The fraction of sp³-hybridized carbons (Fsp3) is 0.480. The molecule has 74 heavy (non-hydrogen) atoms. The summed E-state index contributed by atoms with van der Waals surface area (Å²) in [7, 11) is -9.89. The smallest absolute Gasteiger partial charge is 0.296 e. The van der Waals surface area contributed by atoms with E-state index in [1.165, 1.54) is 24.3 Å². The number of ether oxygens (including phenoxy) is 1. The number of amides is 3. The number of allylic oxidation sites excluding steroid dienone is 8. The van der Waals surface area contributed by atoms with E-state index in [1.54, 1.807) is 49.6 Å². The molecular weight excluding hydrogens is 1040 g/mol. The highest BCUT2D eigenvalue weighted by Gasteiger charge is 2.48. The largest absolute Gasteiger partial charge is 0.383 e. The third-order valence-corrected chi connectivity index (χ3v) is 18.5. The third kappa shape index (κ3) is 14.4. The minimum absolute atomic E-state index is 0.0465. The number of imide groups is 1. The highest BCUT2D eigenvalue weighted by molar-refractivity contribution is 7.87. The number of nitrogens with one attached hydrogen (secondary N) is 1. The number of unbranched alkanes of at least 4 members (excludes halogenated alkanes) is 2. The second kappa shape index (κ2) is 25.6. The van der Waals surface area contributed by atoms with Crippen molar-refractivity contribution < 1.29 is 74.1 Å². The van der Waals surface area contributed by atoms with Gasteiger partial charge in [0.15, 0.2) is 5.71 Å². The van der Waals surface area contributed by atoms with Gasteiger partial charge in [0.2, 0.25) is 11.6 Å². The Bertz CT molecular complexity index is 3060. The van der Waals surface area contributed by atoms with Gasteiger partial charge in [-0.25, -0.2) is 0 Å². The lowest BCUT2D eigenvalue weighted by Gasteiger charge is -2.30. The van der Waals surface area contributed by atoms with Crippen molar-refractivity contribution in [2.75, 3.05) is 84.7 Å². The summed E-state index contributed by atoms with van der Waals surface area (Å²) >= 11 is 0. The van der Waals surface area contributed by atoms with Gasteiger partial charge < -0.3 is 15.0 Å². The van der Waals surface area contributed by atoms with E-state index in [9.17, 15) is 48.1 Å². The van der Waals surface area contributed by atoms with Crippen LogP contribution in [-0.2, 0) is 87.2 Å². The molecule has 0 aromatic heterocycles. The molecule has 0 fully saturated rings. The van der Waals surface area contributed by atoms with E-state index in [4.69, 9.17) is 21.5 Å². The summed E-state index contributed by atoms with van der Waals surface area (Å²) in [6.45, 7) is 5.23. The Labute approximate surface area is 435 Å². The third-order valence-electron chi connectivity index (χ3n) is 13.4. The summed E-state index contributed by atoms with van der Waals surface area (Å²) in [5.41, 5.74) is 2.53. The zero-order valence-electron chi connectivity index (χ0n) is 42.8. The van der Waals surface area contributed by atoms with Crippen LogP contribution >= 0.6 is 0 Å². The molecule has 3 aliphatic heterocycles. The lowest BCUT2D eigenvalue weighted by molar-refractivity contribution is -0.438. The molecule has 1 N–H and O–H groups in total. The van der Waals surface area contributed by atoms with Crippen molar-refractivity contribution in [1.29, 1.82) is 0 Å². The fourth-order valence-electron chi connectivity index (χ4n) is 9.39. The first-order valence-corrected chi connectivity index (χ1v) is 29.8. The number of nitrogens with zero attached hydrogens (tertiary/aromatic N) is 3. The summed E-state index contributed by atoms with van der Waals surface area (Å²) in [6, 6.07) is 9.45. The van der Waals surface area contributed by atoms with Gasteiger partial charge in [-0.15, -0.1) is 0 Å². The molecule has 2 aromatic rings. The van der Waals surface area contributed by atoms with Crippen molar-refractivity contribution in [3.63, 3.8) is 0 Å². The van der Waals surface area contributed by atoms with Crippen LogP contribution in [0.1, 0.15) is 76.3 Å². The van der Waals surface area contributed by atoms with E-state index in [-0.39, 0.29) is 66.0 Å². The first kappa shape index (κ1) is 59.7. The lowest BCUT2D eigenvalue weighted by atomic mass is 9.76. The molecule has 3 aliphatic rings. The summed E-state index contributed by atoms with van der Waals surface area (Å²) in [5.74, 6) is -1.61. The molecule has 2 aromatic carbocycles. The number of hydrogen-bond donors (Lipinski definition) is 1. The predicted molar refractivity (Wildman–Crippen MR) is 278 cm³/mol. The fourth-order valence-corrected chi connectivity index (χ4v) is 12.1. The minimum atomic E-state index is -4.12. The Kier molecular flexibility index (Phi) is 20.6. The number of anilines is 1. The Balaban J connectivity index is 1.45. The highest BCUT2D eigenvalue weighted by atomic mass is 32.2. The van der Waals surface area contributed by atoms with Crippen molar-refractivity contribution in [2.24, 2.45) is 0 Å². The number of methoxy groups -OCH3 is 1. The van der Waals surface area contributed by atoms with Crippen LogP contribution in [0.2, 0.25) is 0 Å². The normalized spacial score (nSPS) is 19.9. The summed E-state index contributed by atoms with van der Waals surface area (Å²) in [5, 5.41) is 2.75. The predicted octanol–water partition coefficient (Wildman–Crippen LogP) is 4.80. The Morgan fingerprint density at radius 2 is 1.22 bits per heavy atom. The summed E-state index contributed by atoms with van der Waals surface area (Å²) < 4.78 is 128. The van der Waals surface area contributed by atoms with Crippen molar-refractivity contribution in [1.82, 2.24) is 10.2 Å². The van der Waals surface area contributed by atoms with Gasteiger partial charge in [-0.1, -0.05) is 30.4 Å². The summed E-state index contributed by atoms with van der Waals surface area (Å²) in [4.78, 5) is 39.3. The summed E-state index contributed by atoms with van der Waals surface area (Å²) in [6.07, 6.45) is 18.1. The van der Waals surface area contributed by atoms with E-state index < -0.39 is 63.1 Å². The van der Waals surface area contributed by atoms with Crippen LogP contribution in [0.4, 0.5) is 11.4 Å². The highest BCUT2D eigenvalue weighted by Crippen LogP contribution is 2.51. The molecule has 5 rings (SSSR count). The van der Waals surface area contributed by atoms with Crippen LogP contribution in [0.3, 0.4) is 0 Å². The van der Waals surface area contributed by atoms with Crippen LogP contribution in [0, 0.1) is 0 Å². The molecule has 0 radical (unpaired) electrons. The van der Waals surface area contributed by atoms with Crippen LogP contribution in [0.5, 0.6) is 0 Å². The number of rotatable bonds is 30. The molecule has 3 amide bonds. The molecule has 2 unspecified atom stereocenters. The zero-order valence-corrected chi connectivity index (χ0v) is 46.0. The SMILES string of the molecule is COCCN1/C(=C/C=C/C=C/C=C/C2=[N+](CCCCCC(=O)NCCN3C(=O)C=CC3=O)c3ccc(S(=O)(=O)OC)cc3C2(C)CCCS(=O)(=O)OC)C(C)(CCCS(=O)(=O)OC)c2cc(S(=O)(=O)OC)ccc21. The maximum absolute atomic E-state index is 13.0. The van der Waals surface area contributed by atoms with Gasteiger partial charge in [0.25, 0.3) is 52.3 Å². The lowest BCUT2D eigenvalue weighted by Crippen LogP contribution is -2.38. The van der Waals surface area contributed by atoms with Crippen LogP contribution < -0.4 is 10.2 Å². The number of carbonyl (C=O) groups excluding carboxylic acids is 3. The quantitative estimate of drug-likeness (QED) is 0.0362. The number of hydrogen-bond acceptors (Lipinski definition) is 17. The minimum Gasteiger partial charge on any atom is -0.383 e. The maximum atomic E-state index is 13.0. The Morgan fingerprint density at radius 1 is 0.649 bits per heavy atom. The maximum Gasteiger partial charge on any atom is 0.296 e. The average Bonchev–Trinajstić information content (AvgIpc) is 3.90. The molecule has 0 bridgehead atoms. The number of fused-ring (bicyclic) bond motifs is 2. The standard InChI is InChI=1S/C50H66N4O16S4/c1-49(27-16-34-71(58,59)67-4)40-36-38(73(62,63)69-6)21-23-42(40)52(30-15-11-14-20-46(55)51-29-31-54-47(56)25-26-48(54)57)44(49)18-12-9-8-10-13-19-45-50(2,28-17-35-72(60,61)68-5)41-37-39(74(64,65)70-7)22-24-43(41)53(45)32-33-66-3/h8-10,12-13,18-19,21-26,36-37H,11,14-17,20,27-35H2,1-7H3/p+1. The van der Waals surface area contributed by atoms with Gasteiger partial charge in [-0.2, -0.15) is 38.2 Å². The molecule has 3 heterocycles. The molecule has 0 spiro atoms. The van der Waals surface area contributed by atoms with Crippen molar-refractivity contribution in [3.8, 4) is 0 Å². The second-order valence-corrected chi connectivity index (χ2v) is 25.2. The zero-order chi connectivity index (χ0) is 54.5. The van der Waals surface area contributed by atoms with Gasteiger partial charge in [-0.05, 0) is 94.3 Å². The topological polar surface area (TPSA) is 255 Å². The van der Waals surface area contributed by atoms with E-state index in [1.807, 2.05) is 43.1 Å².